The number of methoxy groups -OCH3 is 2. The molecule has 0 spiro atoms. The first-order valence-electron chi connectivity index (χ1n) is 9.54. The number of nitrogens with one attached hydrogen (secondary N) is 2. The van der Waals surface area contributed by atoms with Crippen molar-refractivity contribution in [3.8, 4) is 11.5 Å². The van der Waals surface area contributed by atoms with E-state index in [2.05, 4.69) is 27.8 Å². The Morgan fingerprint density at radius 3 is 2.39 bits per heavy atom. The molecule has 0 aromatic heterocycles. The van der Waals surface area contributed by atoms with Gasteiger partial charge in [0.15, 0.2) is 17.5 Å². The molecule has 0 unspecified atom stereocenters. The van der Waals surface area contributed by atoms with E-state index >= 15 is 0 Å². The average Bonchev–Trinajstić information content (AvgIpc) is 2.75. The number of guanidine groups is 1. The van der Waals surface area contributed by atoms with Crippen LogP contribution in [0.15, 0.2) is 53.5 Å². The second-order valence-electron chi connectivity index (χ2n) is 6.29. The Bertz CT molecular complexity index is 720. The van der Waals surface area contributed by atoms with Crippen LogP contribution < -0.4 is 20.1 Å². The van der Waals surface area contributed by atoms with Gasteiger partial charge in [-0.25, -0.2) is 0 Å². The van der Waals surface area contributed by atoms with Gasteiger partial charge in [0, 0.05) is 26.7 Å². The molecule has 0 aliphatic rings. The molecule has 2 aromatic rings. The number of benzene rings is 2. The SMILES string of the molecule is CN=C(NCCCCOCc1ccccc1)NCc1ccc(OC)c(OC)c1. The highest BCUT2D eigenvalue weighted by Crippen LogP contribution is 2.27. The van der Waals surface area contributed by atoms with Crippen molar-refractivity contribution in [2.24, 2.45) is 4.99 Å². The van der Waals surface area contributed by atoms with Crippen molar-refractivity contribution in [3.63, 3.8) is 0 Å². The van der Waals surface area contributed by atoms with Crippen LogP contribution in [0.3, 0.4) is 0 Å². The zero-order chi connectivity index (χ0) is 20.0. The predicted octanol–water partition coefficient (Wildman–Crippen LogP) is 3.37. The number of aliphatic imine (C=N–C) groups is 1. The van der Waals surface area contributed by atoms with Gasteiger partial charge in [-0.1, -0.05) is 36.4 Å². The largest absolute Gasteiger partial charge is 0.493 e. The molecule has 0 saturated carbocycles. The van der Waals surface area contributed by atoms with Gasteiger partial charge in [-0.2, -0.15) is 0 Å². The Hall–Kier alpha value is -2.73. The molecule has 2 aromatic carbocycles. The van der Waals surface area contributed by atoms with Gasteiger partial charge in [0.05, 0.1) is 20.8 Å². The zero-order valence-corrected chi connectivity index (χ0v) is 17.0. The molecule has 0 heterocycles. The number of ether oxygens (including phenoxy) is 3. The van der Waals surface area contributed by atoms with Crippen LogP contribution in [0.1, 0.15) is 24.0 Å². The summed E-state index contributed by atoms with van der Waals surface area (Å²) < 4.78 is 16.3. The average molecular weight is 386 g/mol. The topological polar surface area (TPSA) is 64.1 Å². The fraction of sp³-hybridized carbons (Fsp3) is 0.409. The van der Waals surface area contributed by atoms with E-state index in [9.17, 15) is 0 Å². The van der Waals surface area contributed by atoms with Crippen LogP contribution in [-0.4, -0.2) is 40.4 Å². The minimum atomic E-state index is 0.653. The smallest absolute Gasteiger partial charge is 0.191 e. The van der Waals surface area contributed by atoms with Crippen LogP contribution in [0.5, 0.6) is 11.5 Å². The third kappa shape index (κ3) is 7.48. The Labute approximate surface area is 167 Å². The number of rotatable bonds is 11. The van der Waals surface area contributed by atoms with E-state index in [0.29, 0.717) is 13.2 Å². The van der Waals surface area contributed by atoms with Gasteiger partial charge in [-0.05, 0) is 36.1 Å². The normalized spacial score (nSPS) is 11.2. The summed E-state index contributed by atoms with van der Waals surface area (Å²) in [4.78, 5) is 4.26. The lowest BCUT2D eigenvalue weighted by Crippen LogP contribution is -2.37. The molecular formula is C22H31N3O3. The molecule has 0 aliphatic carbocycles. The van der Waals surface area contributed by atoms with Crippen molar-refractivity contribution in [2.45, 2.75) is 26.0 Å². The van der Waals surface area contributed by atoms with Crippen LogP contribution in [-0.2, 0) is 17.9 Å². The van der Waals surface area contributed by atoms with Crippen molar-refractivity contribution in [3.05, 3.63) is 59.7 Å². The lowest BCUT2D eigenvalue weighted by molar-refractivity contribution is 0.117. The Kier molecular flexibility index (Phi) is 9.72. The third-order valence-electron chi connectivity index (χ3n) is 4.25. The fourth-order valence-electron chi connectivity index (χ4n) is 2.70. The molecule has 2 rings (SSSR count). The first-order chi connectivity index (χ1) is 13.8. The van der Waals surface area contributed by atoms with Gasteiger partial charge in [0.25, 0.3) is 0 Å². The van der Waals surface area contributed by atoms with E-state index in [-0.39, 0.29) is 0 Å². The molecule has 6 heteroatoms. The highest BCUT2D eigenvalue weighted by Gasteiger charge is 2.05. The maximum Gasteiger partial charge on any atom is 0.191 e. The lowest BCUT2D eigenvalue weighted by atomic mass is 10.2. The van der Waals surface area contributed by atoms with E-state index in [1.807, 2.05) is 36.4 Å². The minimum Gasteiger partial charge on any atom is -0.493 e. The molecule has 2 N–H and O–H groups in total. The second-order valence-corrected chi connectivity index (χ2v) is 6.29. The molecule has 0 saturated heterocycles. The van der Waals surface area contributed by atoms with E-state index in [4.69, 9.17) is 14.2 Å². The van der Waals surface area contributed by atoms with Crippen LogP contribution in [0.25, 0.3) is 0 Å². The van der Waals surface area contributed by atoms with Crippen molar-refractivity contribution >= 4 is 5.96 Å². The van der Waals surface area contributed by atoms with Crippen LogP contribution >= 0.6 is 0 Å². The lowest BCUT2D eigenvalue weighted by Gasteiger charge is -2.13. The molecule has 28 heavy (non-hydrogen) atoms. The third-order valence-corrected chi connectivity index (χ3v) is 4.25. The van der Waals surface area contributed by atoms with Gasteiger partial charge < -0.3 is 24.8 Å². The first kappa shape index (κ1) is 21.6. The minimum absolute atomic E-state index is 0.653. The molecular weight excluding hydrogens is 354 g/mol. The Balaban J connectivity index is 1.61. The maximum atomic E-state index is 5.70. The Morgan fingerprint density at radius 2 is 1.68 bits per heavy atom. The molecule has 0 radical (unpaired) electrons. The van der Waals surface area contributed by atoms with Gasteiger partial charge in [0.1, 0.15) is 0 Å². The van der Waals surface area contributed by atoms with Gasteiger partial charge >= 0.3 is 0 Å². The Morgan fingerprint density at radius 1 is 0.893 bits per heavy atom. The van der Waals surface area contributed by atoms with Gasteiger partial charge in [-0.15, -0.1) is 0 Å². The first-order valence-corrected chi connectivity index (χ1v) is 9.54. The molecule has 6 nitrogen and oxygen atoms in total. The molecule has 0 fully saturated rings. The number of unbranched alkanes of at least 4 members (excludes halogenated alkanes) is 1. The molecule has 152 valence electrons. The highest BCUT2D eigenvalue weighted by atomic mass is 16.5. The molecule has 0 atom stereocenters. The number of hydrogen-bond acceptors (Lipinski definition) is 4. The quantitative estimate of drug-likeness (QED) is 0.353. The summed E-state index contributed by atoms with van der Waals surface area (Å²) in [6, 6.07) is 16.1. The second kappa shape index (κ2) is 12.6. The van der Waals surface area contributed by atoms with Gasteiger partial charge in [-0.3, -0.25) is 4.99 Å². The van der Waals surface area contributed by atoms with Crippen molar-refractivity contribution in [1.82, 2.24) is 10.6 Å². The monoisotopic (exact) mass is 385 g/mol. The van der Waals surface area contributed by atoms with E-state index in [1.165, 1.54) is 5.56 Å². The van der Waals surface area contributed by atoms with Crippen LogP contribution in [0.2, 0.25) is 0 Å². The summed E-state index contributed by atoms with van der Waals surface area (Å²) in [7, 11) is 5.04. The summed E-state index contributed by atoms with van der Waals surface area (Å²) in [5.41, 5.74) is 2.30. The summed E-state index contributed by atoms with van der Waals surface area (Å²) in [5, 5.41) is 6.64. The molecule has 0 aliphatic heterocycles. The van der Waals surface area contributed by atoms with Crippen LogP contribution in [0.4, 0.5) is 0 Å². The molecule has 0 amide bonds. The number of nitrogens with zero attached hydrogens (tertiary/aromatic N) is 1. The zero-order valence-electron chi connectivity index (χ0n) is 17.0. The van der Waals surface area contributed by atoms with E-state index in [1.54, 1.807) is 21.3 Å². The fourth-order valence-corrected chi connectivity index (χ4v) is 2.70. The standard InChI is InChI=1S/C22H31N3O3/c1-23-22(25-16-19-11-12-20(26-2)21(15-19)27-3)24-13-7-8-14-28-17-18-9-5-4-6-10-18/h4-6,9-12,15H,7-8,13-14,16-17H2,1-3H3,(H2,23,24,25). The summed E-state index contributed by atoms with van der Waals surface area (Å²) >= 11 is 0. The van der Waals surface area contributed by atoms with Crippen molar-refractivity contribution < 1.29 is 14.2 Å². The van der Waals surface area contributed by atoms with E-state index < -0.39 is 0 Å². The maximum absolute atomic E-state index is 5.70. The van der Waals surface area contributed by atoms with Crippen LogP contribution in [0, 0.1) is 0 Å². The van der Waals surface area contributed by atoms with Crippen molar-refractivity contribution in [1.29, 1.82) is 0 Å². The molecule has 0 bridgehead atoms. The van der Waals surface area contributed by atoms with Crippen molar-refractivity contribution in [2.75, 3.05) is 34.4 Å². The summed E-state index contributed by atoms with van der Waals surface area (Å²) in [6.45, 7) is 2.93. The number of hydrogen-bond donors (Lipinski definition) is 2. The highest BCUT2D eigenvalue weighted by molar-refractivity contribution is 5.79. The predicted molar refractivity (Wildman–Crippen MR) is 113 cm³/mol. The summed E-state index contributed by atoms with van der Waals surface area (Å²) in [6.07, 6.45) is 2.03. The summed E-state index contributed by atoms with van der Waals surface area (Å²) in [5.74, 6) is 2.23. The van der Waals surface area contributed by atoms with Gasteiger partial charge in [0.2, 0.25) is 0 Å². The van der Waals surface area contributed by atoms with E-state index in [0.717, 1.165) is 49.0 Å².